The molecule has 0 spiro atoms. The monoisotopic (exact) mass is 538 g/mol. The summed E-state index contributed by atoms with van der Waals surface area (Å²) in [6, 6.07) is 17.0. The molecule has 36 heavy (non-hydrogen) atoms. The lowest BCUT2D eigenvalue weighted by atomic mass is 9.92. The van der Waals surface area contributed by atoms with Crippen molar-refractivity contribution in [3.63, 3.8) is 0 Å². The van der Waals surface area contributed by atoms with Gasteiger partial charge in [-0.3, -0.25) is 13.9 Å². The highest BCUT2D eigenvalue weighted by Gasteiger charge is 2.41. The Hall–Kier alpha value is -2.07. The Morgan fingerprint density at radius 2 is 1.03 bits per heavy atom. The number of ketones is 1. The van der Waals surface area contributed by atoms with Crippen molar-refractivity contribution < 1.29 is 30.7 Å². The van der Waals surface area contributed by atoms with Crippen LogP contribution < -0.4 is 0 Å². The maximum atomic E-state index is 12.5. The second-order valence-corrected chi connectivity index (χ2v) is 13.5. The van der Waals surface area contributed by atoms with E-state index in [-0.39, 0.29) is 18.6 Å². The van der Waals surface area contributed by atoms with Gasteiger partial charge in [0.1, 0.15) is 15.3 Å². The minimum Gasteiger partial charge on any atom is -0.300 e. The van der Waals surface area contributed by atoms with Gasteiger partial charge in [0.15, 0.2) is 0 Å². The SMILES string of the molecule is CC(CCCCCCCCCC(=O)CC(C)(c1ccccc1)S(=O)(=O)O)(c1ccccc1)S(=O)(=O)O. The van der Waals surface area contributed by atoms with Gasteiger partial charge in [-0.05, 0) is 37.8 Å². The fourth-order valence-electron chi connectivity index (χ4n) is 4.48. The molecule has 2 unspecified atom stereocenters. The van der Waals surface area contributed by atoms with Gasteiger partial charge in [-0.25, -0.2) is 0 Å². The Morgan fingerprint density at radius 3 is 1.47 bits per heavy atom. The maximum absolute atomic E-state index is 12.5. The highest BCUT2D eigenvalue weighted by molar-refractivity contribution is 7.87. The van der Waals surface area contributed by atoms with Crippen LogP contribution in [0.25, 0.3) is 0 Å². The molecule has 0 aliphatic carbocycles. The predicted octanol–water partition coefficient (Wildman–Crippen LogP) is 6.06. The molecule has 2 aromatic carbocycles. The van der Waals surface area contributed by atoms with Crippen molar-refractivity contribution in [3.05, 3.63) is 71.8 Å². The summed E-state index contributed by atoms with van der Waals surface area (Å²) in [5, 5.41) is 0. The van der Waals surface area contributed by atoms with Gasteiger partial charge in [0.25, 0.3) is 20.2 Å². The van der Waals surface area contributed by atoms with Crippen LogP contribution in [0.4, 0.5) is 0 Å². The van der Waals surface area contributed by atoms with Gasteiger partial charge in [-0.2, -0.15) is 16.8 Å². The molecule has 9 heteroatoms. The predicted molar refractivity (Wildman–Crippen MR) is 142 cm³/mol. The van der Waals surface area contributed by atoms with E-state index in [4.69, 9.17) is 0 Å². The third-order valence-electron chi connectivity index (χ3n) is 7.05. The number of unbranched alkanes of at least 4 members (excludes halogenated alkanes) is 6. The van der Waals surface area contributed by atoms with Gasteiger partial charge in [0, 0.05) is 12.8 Å². The van der Waals surface area contributed by atoms with Crippen LogP contribution in [-0.2, 0) is 34.5 Å². The first-order chi connectivity index (χ1) is 16.8. The average Bonchev–Trinajstić information content (AvgIpc) is 2.82. The molecule has 0 bridgehead atoms. The molecule has 200 valence electrons. The largest absolute Gasteiger partial charge is 0.300 e. The highest BCUT2D eigenvalue weighted by Crippen LogP contribution is 2.35. The third kappa shape index (κ3) is 7.96. The highest BCUT2D eigenvalue weighted by atomic mass is 32.2. The molecular formula is C27H38O7S2. The van der Waals surface area contributed by atoms with Gasteiger partial charge in [-0.1, -0.05) is 99.2 Å². The fourth-order valence-corrected chi connectivity index (χ4v) is 6.09. The molecule has 0 heterocycles. The van der Waals surface area contributed by atoms with Crippen molar-refractivity contribution in [3.8, 4) is 0 Å². The number of hydrogen-bond donors (Lipinski definition) is 2. The molecular weight excluding hydrogens is 500 g/mol. The molecule has 0 aliphatic rings. The van der Waals surface area contributed by atoms with Crippen molar-refractivity contribution in [2.75, 3.05) is 0 Å². The molecule has 0 fully saturated rings. The summed E-state index contributed by atoms with van der Waals surface area (Å²) in [6.07, 6.45) is 6.04. The second kappa shape index (κ2) is 12.9. The zero-order valence-electron chi connectivity index (χ0n) is 21.1. The smallest absolute Gasteiger partial charge is 0.275 e. The number of rotatable bonds is 16. The van der Waals surface area contributed by atoms with E-state index in [1.807, 2.05) is 0 Å². The van der Waals surface area contributed by atoms with Crippen molar-refractivity contribution >= 4 is 26.0 Å². The second-order valence-electron chi connectivity index (χ2n) is 9.83. The van der Waals surface area contributed by atoms with E-state index >= 15 is 0 Å². The topological polar surface area (TPSA) is 126 Å². The van der Waals surface area contributed by atoms with Crippen LogP contribution in [0.3, 0.4) is 0 Å². The van der Waals surface area contributed by atoms with Gasteiger partial charge >= 0.3 is 0 Å². The summed E-state index contributed by atoms with van der Waals surface area (Å²) >= 11 is 0. The summed E-state index contributed by atoms with van der Waals surface area (Å²) < 4.78 is 64.8. The van der Waals surface area contributed by atoms with Gasteiger partial charge in [0.2, 0.25) is 0 Å². The minimum atomic E-state index is -4.47. The lowest BCUT2D eigenvalue weighted by Crippen LogP contribution is -2.34. The lowest BCUT2D eigenvalue weighted by Gasteiger charge is -2.26. The van der Waals surface area contributed by atoms with E-state index in [0.717, 1.165) is 32.1 Å². The molecule has 0 amide bonds. The molecule has 2 rings (SSSR count). The number of carbonyl (C=O) groups is 1. The minimum absolute atomic E-state index is 0.204. The molecule has 7 nitrogen and oxygen atoms in total. The zero-order valence-corrected chi connectivity index (χ0v) is 22.7. The van der Waals surface area contributed by atoms with Gasteiger partial charge < -0.3 is 0 Å². The molecule has 0 aromatic heterocycles. The summed E-state index contributed by atoms with van der Waals surface area (Å²) in [6.45, 7) is 2.93. The van der Waals surface area contributed by atoms with Crippen LogP contribution >= 0.6 is 0 Å². The van der Waals surface area contributed by atoms with Crippen molar-refractivity contribution in [1.29, 1.82) is 0 Å². The van der Waals surface area contributed by atoms with Crippen molar-refractivity contribution in [2.24, 2.45) is 0 Å². The van der Waals surface area contributed by atoms with E-state index in [1.54, 1.807) is 67.6 Å². The Bertz CT molecular complexity index is 1180. The first-order valence-corrected chi connectivity index (χ1v) is 15.3. The lowest BCUT2D eigenvalue weighted by molar-refractivity contribution is -0.119. The molecule has 0 saturated heterocycles. The Labute approximate surface area is 215 Å². The van der Waals surface area contributed by atoms with Crippen molar-refractivity contribution in [1.82, 2.24) is 0 Å². The van der Waals surface area contributed by atoms with Crippen LogP contribution in [0, 0.1) is 0 Å². The van der Waals surface area contributed by atoms with Crippen LogP contribution in [0.15, 0.2) is 60.7 Å². The van der Waals surface area contributed by atoms with E-state index in [1.165, 1.54) is 6.92 Å². The van der Waals surface area contributed by atoms with E-state index in [0.29, 0.717) is 30.4 Å². The van der Waals surface area contributed by atoms with E-state index < -0.39 is 29.7 Å². The standard InChI is InChI=1S/C27H38O7S2/c1-26(35(29,30)31,23-16-10-8-11-17-23)21-15-7-5-3-4-6-14-20-25(28)22-27(2,36(32,33)34)24-18-12-9-13-19-24/h8-13,16-19H,3-7,14-15,20-22H2,1-2H3,(H,29,30,31)(H,32,33,34). The van der Waals surface area contributed by atoms with Crippen LogP contribution in [-0.4, -0.2) is 31.7 Å². The first-order valence-electron chi connectivity index (χ1n) is 12.4. The Kier molecular flexibility index (Phi) is 10.8. The fraction of sp³-hybridized carbons (Fsp3) is 0.519. The number of carbonyl (C=O) groups excluding carboxylic acids is 1. The molecule has 0 saturated carbocycles. The molecule has 2 atom stereocenters. The molecule has 2 aromatic rings. The average molecular weight is 539 g/mol. The van der Waals surface area contributed by atoms with Crippen LogP contribution in [0.2, 0.25) is 0 Å². The normalized spacial score (nSPS) is 15.7. The van der Waals surface area contributed by atoms with Crippen LogP contribution in [0.5, 0.6) is 0 Å². The van der Waals surface area contributed by atoms with Gasteiger partial charge in [-0.15, -0.1) is 0 Å². The maximum Gasteiger partial charge on any atom is 0.275 e. The quantitative estimate of drug-likeness (QED) is 0.196. The summed E-state index contributed by atoms with van der Waals surface area (Å²) in [5.74, 6) is -0.204. The van der Waals surface area contributed by atoms with Crippen LogP contribution in [0.1, 0.15) is 89.2 Å². The summed E-state index contributed by atoms with van der Waals surface area (Å²) in [5.41, 5.74) is 0.965. The first kappa shape index (κ1) is 30.2. The Morgan fingerprint density at radius 1 is 0.639 bits per heavy atom. The Balaban J connectivity index is 1.71. The van der Waals surface area contributed by atoms with E-state index in [2.05, 4.69) is 0 Å². The molecule has 0 radical (unpaired) electrons. The molecule has 0 aliphatic heterocycles. The summed E-state index contributed by atoms with van der Waals surface area (Å²) in [4.78, 5) is 12.5. The number of Topliss-reactive ketones (excluding diaryl/α,β-unsaturated/α-hetero) is 1. The number of hydrogen-bond acceptors (Lipinski definition) is 5. The summed E-state index contributed by atoms with van der Waals surface area (Å²) in [7, 11) is -8.73. The number of benzene rings is 2. The van der Waals surface area contributed by atoms with Gasteiger partial charge in [0.05, 0.1) is 0 Å². The van der Waals surface area contributed by atoms with Crippen molar-refractivity contribution in [2.45, 2.75) is 87.5 Å². The molecule has 2 N–H and O–H groups in total. The van der Waals surface area contributed by atoms with E-state index in [9.17, 15) is 30.7 Å². The zero-order chi connectivity index (χ0) is 26.9. The third-order valence-corrected chi connectivity index (χ3v) is 10.1.